The summed E-state index contributed by atoms with van der Waals surface area (Å²) in [4.78, 5) is 2.15. The van der Waals surface area contributed by atoms with Gasteiger partial charge in [-0.3, -0.25) is 0 Å². The number of ether oxygens (including phenoxy) is 2. The highest BCUT2D eigenvalue weighted by Crippen LogP contribution is 2.39. The van der Waals surface area contributed by atoms with Crippen molar-refractivity contribution in [2.75, 3.05) is 31.2 Å². The molecule has 8 heteroatoms. The Morgan fingerprint density at radius 2 is 1.74 bits per heavy atom. The summed E-state index contributed by atoms with van der Waals surface area (Å²) in [5, 5.41) is 13.7. The van der Waals surface area contributed by atoms with Gasteiger partial charge in [0.2, 0.25) is 5.82 Å². The third kappa shape index (κ3) is 3.45. The lowest BCUT2D eigenvalue weighted by Crippen LogP contribution is -2.60. The van der Waals surface area contributed by atoms with E-state index >= 15 is 0 Å². The normalized spacial score (nSPS) is 25.5. The molecular weight excluding hydrogens is 316 g/mol. The quantitative estimate of drug-likeness (QED) is 0.839. The molecule has 2 saturated heterocycles. The van der Waals surface area contributed by atoms with E-state index in [0.29, 0.717) is 31.9 Å². The highest BCUT2D eigenvalue weighted by Gasteiger charge is 2.47. The topological polar surface area (TPSA) is 70.6 Å². The summed E-state index contributed by atoms with van der Waals surface area (Å²) in [5.41, 5.74) is -0.899. The maximum atomic E-state index is 12.4. The molecule has 0 unspecified atom stereocenters. The number of hydroxylamine groups is 2. The number of nitrogens with zero attached hydrogens (tertiary/aromatic N) is 4. The Labute approximate surface area is 141 Å². The number of hydrogen-bond acceptors (Lipinski definition) is 7. The second-order valence-electron chi connectivity index (χ2n) is 7.56. The van der Waals surface area contributed by atoms with Gasteiger partial charge >= 0.3 is 0 Å². The van der Waals surface area contributed by atoms with Gasteiger partial charge in [-0.25, -0.2) is 0 Å². The van der Waals surface area contributed by atoms with Crippen LogP contribution in [0.1, 0.15) is 40.5 Å². The van der Waals surface area contributed by atoms with Gasteiger partial charge in [-0.15, -0.1) is 14.6 Å². The van der Waals surface area contributed by atoms with E-state index in [-0.39, 0.29) is 6.10 Å². The zero-order chi connectivity index (χ0) is 16.7. The summed E-state index contributed by atoms with van der Waals surface area (Å²) in [6.07, 6.45) is 1.33. The molecule has 2 aliphatic heterocycles. The van der Waals surface area contributed by atoms with Gasteiger partial charge in [0.05, 0.1) is 24.9 Å². The SMILES string of the molecule is CC1(C)CC(Oc2nsnc2N2CCOCC2)CC(C)(C)N1[O]. The maximum Gasteiger partial charge on any atom is 0.271 e. The van der Waals surface area contributed by atoms with Crippen LogP contribution in [0.15, 0.2) is 0 Å². The minimum absolute atomic E-state index is 0.0334. The fourth-order valence-electron chi connectivity index (χ4n) is 3.63. The summed E-state index contributed by atoms with van der Waals surface area (Å²) >= 11 is 1.17. The summed E-state index contributed by atoms with van der Waals surface area (Å²) in [6.45, 7) is 10.9. The molecule has 1 radical (unpaired) electrons. The van der Waals surface area contributed by atoms with Crippen molar-refractivity contribution in [3.05, 3.63) is 0 Å². The average molecular weight is 341 g/mol. The fourth-order valence-corrected chi connectivity index (χ4v) is 4.14. The van der Waals surface area contributed by atoms with Crippen LogP contribution in [0, 0.1) is 0 Å². The summed E-state index contributed by atoms with van der Waals surface area (Å²) < 4.78 is 20.3. The van der Waals surface area contributed by atoms with E-state index in [2.05, 4.69) is 13.6 Å². The minimum atomic E-state index is -0.449. The molecule has 23 heavy (non-hydrogen) atoms. The molecule has 3 heterocycles. The van der Waals surface area contributed by atoms with Crippen molar-refractivity contribution in [1.29, 1.82) is 0 Å². The highest BCUT2D eigenvalue weighted by molar-refractivity contribution is 6.99. The third-order valence-electron chi connectivity index (χ3n) is 4.59. The standard InChI is InChI=1S/C15H25N4O3S/c1-14(2)9-11(10-15(3,4)19(14)20)22-13-12(16-23-17-13)18-5-7-21-8-6-18/h11H,5-10H2,1-4H3. The number of rotatable bonds is 3. The molecule has 2 fully saturated rings. The van der Waals surface area contributed by atoms with Crippen LogP contribution in [0.2, 0.25) is 0 Å². The van der Waals surface area contributed by atoms with Gasteiger partial charge < -0.3 is 14.4 Å². The third-order valence-corrected chi connectivity index (χ3v) is 5.09. The van der Waals surface area contributed by atoms with Crippen LogP contribution >= 0.6 is 11.7 Å². The largest absolute Gasteiger partial charge is 0.471 e. The van der Waals surface area contributed by atoms with Gasteiger partial charge in [0.25, 0.3) is 5.88 Å². The fraction of sp³-hybridized carbons (Fsp3) is 0.867. The Balaban J connectivity index is 1.74. The Hall–Kier alpha value is -0.960. The predicted molar refractivity (Wildman–Crippen MR) is 87.3 cm³/mol. The van der Waals surface area contributed by atoms with Crippen molar-refractivity contribution in [3.8, 4) is 5.88 Å². The van der Waals surface area contributed by atoms with Crippen molar-refractivity contribution >= 4 is 17.5 Å². The lowest BCUT2D eigenvalue weighted by Gasteiger charge is -2.49. The van der Waals surface area contributed by atoms with Crippen LogP contribution in [-0.4, -0.2) is 57.3 Å². The number of piperidine rings is 1. The Kier molecular flexibility index (Phi) is 4.52. The second kappa shape index (κ2) is 6.16. The summed E-state index contributed by atoms with van der Waals surface area (Å²) in [7, 11) is 0. The second-order valence-corrected chi connectivity index (χ2v) is 8.09. The first-order valence-electron chi connectivity index (χ1n) is 8.09. The molecule has 3 rings (SSSR count). The molecule has 0 aliphatic carbocycles. The van der Waals surface area contributed by atoms with Crippen LogP contribution in [0.4, 0.5) is 5.82 Å². The van der Waals surface area contributed by atoms with E-state index in [4.69, 9.17) is 9.47 Å². The molecule has 0 bridgehead atoms. The van der Waals surface area contributed by atoms with Crippen molar-refractivity contribution in [2.24, 2.45) is 0 Å². The molecule has 7 nitrogen and oxygen atoms in total. The van der Waals surface area contributed by atoms with E-state index in [1.165, 1.54) is 16.8 Å². The molecule has 1 aromatic rings. The maximum absolute atomic E-state index is 12.4. The van der Waals surface area contributed by atoms with E-state index in [1.54, 1.807) is 0 Å². The van der Waals surface area contributed by atoms with Crippen molar-refractivity contribution < 1.29 is 14.7 Å². The van der Waals surface area contributed by atoms with Crippen LogP contribution in [-0.2, 0) is 9.94 Å². The van der Waals surface area contributed by atoms with E-state index < -0.39 is 11.1 Å². The van der Waals surface area contributed by atoms with E-state index in [9.17, 15) is 5.21 Å². The number of aromatic nitrogens is 2. The first-order chi connectivity index (χ1) is 10.8. The van der Waals surface area contributed by atoms with Gasteiger partial charge in [0.1, 0.15) is 6.10 Å². The number of anilines is 1. The Bertz CT molecular complexity index is 525. The summed E-state index contributed by atoms with van der Waals surface area (Å²) in [6, 6.07) is 0. The molecule has 0 amide bonds. The molecule has 0 saturated carbocycles. The number of morpholine rings is 1. The lowest BCUT2D eigenvalue weighted by atomic mass is 9.80. The first-order valence-corrected chi connectivity index (χ1v) is 8.82. The van der Waals surface area contributed by atoms with Gasteiger partial charge in [-0.2, -0.15) is 4.37 Å². The molecule has 0 aromatic carbocycles. The Morgan fingerprint density at radius 1 is 1.13 bits per heavy atom. The minimum Gasteiger partial charge on any atom is -0.471 e. The molecule has 129 valence electrons. The van der Waals surface area contributed by atoms with Gasteiger partial charge in [-0.1, -0.05) is 0 Å². The zero-order valence-electron chi connectivity index (χ0n) is 14.2. The Morgan fingerprint density at radius 3 is 2.35 bits per heavy atom. The average Bonchev–Trinajstić information content (AvgIpc) is 2.93. The molecule has 0 spiro atoms. The highest BCUT2D eigenvalue weighted by atomic mass is 32.1. The molecule has 2 aliphatic rings. The summed E-state index contributed by atoms with van der Waals surface area (Å²) in [5.74, 6) is 1.39. The molecule has 0 N–H and O–H groups in total. The van der Waals surface area contributed by atoms with Crippen molar-refractivity contribution in [3.63, 3.8) is 0 Å². The van der Waals surface area contributed by atoms with Crippen LogP contribution in [0.3, 0.4) is 0 Å². The lowest BCUT2D eigenvalue weighted by molar-refractivity contribution is -0.296. The molecule has 0 atom stereocenters. The van der Waals surface area contributed by atoms with Gasteiger partial charge in [-0.05, 0) is 27.7 Å². The van der Waals surface area contributed by atoms with Gasteiger partial charge in [0.15, 0.2) is 0 Å². The van der Waals surface area contributed by atoms with E-state index in [0.717, 1.165) is 18.9 Å². The smallest absolute Gasteiger partial charge is 0.271 e. The zero-order valence-corrected chi connectivity index (χ0v) is 15.1. The van der Waals surface area contributed by atoms with Crippen LogP contribution < -0.4 is 9.64 Å². The first kappa shape index (κ1) is 16.9. The van der Waals surface area contributed by atoms with E-state index in [1.807, 2.05) is 27.7 Å². The predicted octanol–water partition coefficient (Wildman–Crippen LogP) is 2.12. The monoisotopic (exact) mass is 341 g/mol. The molecular formula is C15H25N4O3S. The van der Waals surface area contributed by atoms with Crippen LogP contribution in [0.5, 0.6) is 5.88 Å². The van der Waals surface area contributed by atoms with Crippen LogP contribution in [0.25, 0.3) is 0 Å². The van der Waals surface area contributed by atoms with Crippen molar-refractivity contribution in [2.45, 2.75) is 57.7 Å². The molecule has 1 aromatic heterocycles. The van der Waals surface area contributed by atoms with Gasteiger partial charge in [0, 0.05) is 37.0 Å². The number of hydrogen-bond donors (Lipinski definition) is 0. The van der Waals surface area contributed by atoms with Crippen molar-refractivity contribution in [1.82, 2.24) is 13.8 Å².